The summed E-state index contributed by atoms with van der Waals surface area (Å²) < 4.78 is 7.06. The monoisotopic (exact) mass is 345 g/mol. The molecule has 0 amide bonds. The molecule has 1 fully saturated rings. The van der Waals surface area contributed by atoms with Gasteiger partial charge in [-0.15, -0.1) is 0 Å². The van der Waals surface area contributed by atoms with Crippen molar-refractivity contribution in [1.29, 1.82) is 0 Å². The van der Waals surface area contributed by atoms with E-state index in [0.29, 0.717) is 12.2 Å². The Balaban J connectivity index is 2.12. The van der Waals surface area contributed by atoms with Crippen LogP contribution in [0.3, 0.4) is 0 Å². The molecule has 0 bridgehead atoms. The second-order valence-electron chi connectivity index (χ2n) is 6.42. The Labute approximate surface area is 148 Å². The molecule has 2 aromatic rings. The van der Waals surface area contributed by atoms with Crippen molar-refractivity contribution in [3.8, 4) is 0 Å². The van der Waals surface area contributed by atoms with Crippen molar-refractivity contribution in [2.45, 2.75) is 27.2 Å². The minimum atomic E-state index is -0.313. The Morgan fingerprint density at radius 3 is 2.76 bits per heavy atom. The maximum absolute atomic E-state index is 12.5. The standard InChI is InChI=1S/C18H27N5O2/c1-5-22-8-7-9-23(11-10-22)16-14(18(24)25-6-2)12-19-17-15(16)13(3)20-21(17)4/h12H,5-11H2,1-4H3. The molecule has 0 aromatic carbocycles. The fourth-order valence-electron chi connectivity index (χ4n) is 3.59. The number of esters is 1. The van der Waals surface area contributed by atoms with E-state index in [9.17, 15) is 4.79 Å². The van der Waals surface area contributed by atoms with Gasteiger partial charge in [-0.05, 0) is 33.4 Å². The highest BCUT2D eigenvalue weighted by molar-refractivity contribution is 6.05. The smallest absolute Gasteiger partial charge is 0.341 e. The molecule has 3 heterocycles. The van der Waals surface area contributed by atoms with Gasteiger partial charge in [-0.25, -0.2) is 9.78 Å². The van der Waals surface area contributed by atoms with Gasteiger partial charge in [-0.2, -0.15) is 5.10 Å². The number of pyridine rings is 1. The summed E-state index contributed by atoms with van der Waals surface area (Å²) in [4.78, 5) is 21.8. The number of carbonyl (C=O) groups is 1. The van der Waals surface area contributed by atoms with E-state index in [1.165, 1.54) is 0 Å². The van der Waals surface area contributed by atoms with Gasteiger partial charge in [0, 0.05) is 32.9 Å². The molecule has 1 aliphatic heterocycles. The lowest BCUT2D eigenvalue weighted by molar-refractivity contribution is 0.0527. The van der Waals surface area contributed by atoms with Gasteiger partial charge in [0.2, 0.25) is 0 Å². The molecule has 7 heteroatoms. The summed E-state index contributed by atoms with van der Waals surface area (Å²) in [6, 6.07) is 0. The van der Waals surface area contributed by atoms with E-state index < -0.39 is 0 Å². The third-order valence-corrected chi connectivity index (χ3v) is 4.85. The number of ether oxygens (including phenoxy) is 1. The first-order valence-corrected chi connectivity index (χ1v) is 9.03. The SMILES string of the molecule is CCOC(=O)c1cnc2c(c(C)nn2C)c1N1CCCN(CC)CC1. The molecular formula is C18H27N5O2. The molecule has 3 rings (SSSR count). The van der Waals surface area contributed by atoms with Gasteiger partial charge in [-0.1, -0.05) is 6.92 Å². The second-order valence-corrected chi connectivity index (χ2v) is 6.42. The number of carbonyl (C=O) groups excluding carboxylic acids is 1. The van der Waals surface area contributed by atoms with Crippen molar-refractivity contribution >= 4 is 22.7 Å². The van der Waals surface area contributed by atoms with Gasteiger partial charge >= 0.3 is 5.97 Å². The van der Waals surface area contributed by atoms with E-state index in [0.717, 1.165) is 61.6 Å². The molecule has 0 radical (unpaired) electrons. The Bertz CT molecular complexity index is 770. The molecule has 0 atom stereocenters. The van der Waals surface area contributed by atoms with Crippen LogP contribution >= 0.6 is 0 Å². The lowest BCUT2D eigenvalue weighted by Crippen LogP contribution is -2.32. The summed E-state index contributed by atoms with van der Waals surface area (Å²) >= 11 is 0. The highest BCUT2D eigenvalue weighted by atomic mass is 16.5. The third-order valence-electron chi connectivity index (χ3n) is 4.85. The van der Waals surface area contributed by atoms with Crippen LogP contribution in [-0.2, 0) is 11.8 Å². The van der Waals surface area contributed by atoms with E-state index in [1.807, 2.05) is 20.9 Å². The van der Waals surface area contributed by atoms with Crippen molar-refractivity contribution in [3.63, 3.8) is 0 Å². The van der Waals surface area contributed by atoms with Gasteiger partial charge in [0.25, 0.3) is 0 Å². The first-order valence-electron chi connectivity index (χ1n) is 9.03. The summed E-state index contributed by atoms with van der Waals surface area (Å²) in [5, 5.41) is 5.47. The number of anilines is 1. The number of aryl methyl sites for hydroxylation is 2. The fraction of sp³-hybridized carbons (Fsp3) is 0.611. The van der Waals surface area contributed by atoms with Crippen LogP contribution in [0.1, 0.15) is 36.3 Å². The Morgan fingerprint density at radius 2 is 2.04 bits per heavy atom. The maximum Gasteiger partial charge on any atom is 0.341 e. The number of nitrogens with zero attached hydrogens (tertiary/aromatic N) is 5. The van der Waals surface area contributed by atoms with Gasteiger partial charge in [0.15, 0.2) is 5.65 Å². The number of fused-ring (bicyclic) bond motifs is 1. The van der Waals surface area contributed by atoms with Crippen molar-refractivity contribution in [3.05, 3.63) is 17.5 Å². The topological polar surface area (TPSA) is 63.5 Å². The molecule has 0 aliphatic carbocycles. The molecule has 0 saturated carbocycles. The summed E-state index contributed by atoms with van der Waals surface area (Å²) in [7, 11) is 1.89. The van der Waals surface area contributed by atoms with E-state index in [1.54, 1.807) is 10.9 Å². The van der Waals surface area contributed by atoms with Crippen LogP contribution in [0.5, 0.6) is 0 Å². The summed E-state index contributed by atoms with van der Waals surface area (Å²) in [6.07, 6.45) is 2.71. The summed E-state index contributed by atoms with van der Waals surface area (Å²) in [6.45, 7) is 11.3. The number of rotatable bonds is 4. The van der Waals surface area contributed by atoms with Crippen molar-refractivity contribution < 1.29 is 9.53 Å². The van der Waals surface area contributed by atoms with Crippen LogP contribution in [-0.4, -0.2) is 65.0 Å². The van der Waals surface area contributed by atoms with Crippen LogP contribution in [0.15, 0.2) is 6.20 Å². The molecule has 0 spiro atoms. The van der Waals surface area contributed by atoms with Crippen LogP contribution in [0.4, 0.5) is 5.69 Å². The zero-order chi connectivity index (χ0) is 18.0. The minimum absolute atomic E-state index is 0.313. The summed E-state index contributed by atoms with van der Waals surface area (Å²) in [5.74, 6) is -0.313. The molecule has 1 aliphatic rings. The Hall–Kier alpha value is -2.15. The second kappa shape index (κ2) is 7.39. The van der Waals surface area contributed by atoms with E-state index in [-0.39, 0.29) is 5.97 Å². The minimum Gasteiger partial charge on any atom is -0.462 e. The van der Waals surface area contributed by atoms with Gasteiger partial charge < -0.3 is 14.5 Å². The van der Waals surface area contributed by atoms with Gasteiger partial charge in [0.1, 0.15) is 5.56 Å². The summed E-state index contributed by atoms with van der Waals surface area (Å²) in [5.41, 5.74) is 3.15. The quantitative estimate of drug-likeness (QED) is 0.790. The highest BCUT2D eigenvalue weighted by Crippen LogP contribution is 2.33. The number of likely N-dealkylation sites (N-methyl/N-ethyl adjacent to an activating group) is 1. The Morgan fingerprint density at radius 1 is 1.24 bits per heavy atom. The number of hydrogen-bond donors (Lipinski definition) is 0. The van der Waals surface area contributed by atoms with Crippen LogP contribution in [0, 0.1) is 6.92 Å². The molecule has 1 saturated heterocycles. The molecule has 0 N–H and O–H groups in total. The number of aromatic nitrogens is 3. The first-order chi connectivity index (χ1) is 12.1. The third kappa shape index (κ3) is 3.33. The van der Waals surface area contributed by atoms with Crippen molar-refractivity contribution in [1.82, 2.24) is 19.7 Å². The van der Waals surface area contributed by atoms with E-state index in [2.05, 4.69) is 26.8 Å². The maximum atomic E-state index is 12.5. The van der Waals surface area contributed by atoms with Crippen molar-refractivity contribution in [2.24, 2.45) is 7.05 Å². The fourth-order valence-corrected chi connectivity index (χ4v) is 3.59. The Kier molecular flexibility index (Phi) is 5.22. The molecule has 7 nitrogen and oxygen atoms in total. The molecule has 25 heavy (non-hydrogen) atoms. The van der Waals surface area contributed by atoms with E-state index in [4.69, 9.17) is 4.74 Å². The van der Waals surface area contributed by atoms with Crippen LogP contribution < -0.4 is 4.90 Å². The van der Waals surface area contributed by atoms with E-state index >= 15 is 0 Å². The first kappa shape index (κ1) is 17.7. The zero-order valence-corrected chi connectivity index (χ0v) is 15.6. The van der Waals surface area contributed by atoms with Gasteiger partial charge in [0.05, 0.1) is 23.4 Å². The predicted octanol–water partition coefficient (Wildman–Crippen LogP) is 1.99. The van der Waals surface area contributed by atoms with Crippen LogP contribution in [0.25, 0.3) is 11.0 Å². The molecule has 0 unspecified atom stereocenters. The number of hydrogen-bond acceptors (Lipinski definition) is 6. The average molecular weight is 345 g/mol. The lowest BCUT2D eigenvalue weighted by Gasteiger charge is -2.26. The zero-order valence-electron chi connectivity index (χ0n) is 15.6. The normalized spacial score (nSPS) is 16.2. The molecular weight excluding hydrogens is 318 g/mol. The highest BCUT2D eigenvalue weighted by Gasteiger charge is 2.26. The average Bonchev–Trinajstić information content (AvgIpc) is 2.78. The van der Waals surface area contributed by atoms with Crippen molar-refractivity contribution in [2.75, 3.05) is 44.2 Å². The van der Waals surface area contributed by atoms with Gasteiger partial charge in [-0.3, -0.25) is 4.68 Å². The molecule has 2 aromatic heterocycles. The largest absolute Gasteiger partial charge is 0.462 e. The predicted molar refractivity (Wildman–Crippen MR) is 98.1 cm³/mol. The van der Waals surface area contributed by atoms with Crippen LogP contribution in [0.2, 0.25) is 0 Å². The lowest BCUT2D eigenvalue weighted by atomic mass is 10.1. The molecule has 136 valence electrons.